The molecule has 0 amide bonds. The number of nitrogens with zero attached hydrogens (tertiary/aromatic N) is 4. The number of benzene rings is 1. The molecule has 0 bridgehead atoms. The Balaban J connectivity index is 2.16. The second-order valence-corrected chi connectivity index (χ2v) is 4.66. The summed E-state index contributed by atoms with van der Waals surface area (Å²) in [6.07, 6.45) is 3.20. The molecule has 0 saturated carbocycles. The van der Waals surface area contributed by atoms with Crippen LogP contribution in [0.1, 0.15) is 18.5 Å². The fourth-order valence-electron chi connectivity index (χ4n) is 1.82. The summed E-state index contributed by atoms with van der Waals surface area (Å²) in [4.78, 5) is 5.96. The zero-order valence-electron chi connectivity index (χ0n) is 11.2. The van der Waals surface area contributed by atoms with Gasteiger partial charge in [0.25, 0.3) is 0 Å². The maximum absolute atomic E-state index is 5.24. The van der Waals surface area contributed by atoms with Crippen molar-refractivity contribution in [1.82, 2.24) is 25.0 Å². The monoisotopic (exact) mass is 275 g/mol. The quantitative estimate of drug-likeness (QED) is 0.865. The van der Waals surface area contributed by atoms with Crippen molar-refractivity contribution in [2.75, 3.05) is 14.1 Å². The Morgan fingerprint density at radius 2 is 2.05 bits per heavy atom. The van der Waals surface area contributed by atoms with Crippen LogP contribution in [0.25, 0.3) is 5.69 Å². The van der Waals surface area contributed by atoms with E-state index in [1.54, 1.807) is 11.0 Å². The Morgan fingerprint density at radius 1 is 1.37 bits per heavy atom. The van der Waals surface area contributed by atoms with E-state index in [4.69, 9.17) is 12.2 Å². The van der Waals surface area contributed by atoms with E-state index >= 15 is 0 Å². The highest BCUT2D eigenvalue weighted by atomic mass is 32.1. The molecule has 1 aromatic carbocycles. The molecule has 19 heavy (non-hydrogen) atoms. The van der Waals surface area contributed by atoms with Gasteiger partial charge < -0.3 is 10.2 Å². The Hall–Kier alpha value is -1.95. The molecule has 1 heterocycles. The largest absolute Gasteiger partial charge is 0.366 e. The number of aromatic nitrogens is 3. The summed E-state index contributed by atoms with van der Waals surface area (Å²) in [7, 11) is 3.81. The SMILES string of the molecule is CNC(=S)N(C)[C@H](C)c1ccc(-n2cncn2)cc1. The number of nitrogens with one attached hydrogen (secondary N) is 1. The molecular weight excluding hydrogens is 258 g/mol. The van der Waals surface area contributed by atoms with Crippen molar-refractivity contribution in [3.8, 4) is 5.69 Å². The molecule has 0 unspecified atom stereocenters. The standard InChI is InChI=1S/C13H17N5S/c1-10(17(3)13(19)14-2)11-4-6-12(7-5-11)18-9-15-8-16-18/h4-10H,1-3H3,(H,14,19)/t10-/m1/s1. The third-order valence-corrected chi connectivity index (χ3v) is 3.67. The van der Waals surface area contributed by atoms with Gasteiger partial charge in [-0.1, -0.05) is 12.1 Å². The summed E-state index contributed by atoms with van der Waals surface area (Å²) in [5, 5.41) is 7.82. The fraction of sp³-hybridized carbons (Fsp3) is 0.308. The lowest BCUT2D eigenvalue weighted by molar-refractivity contribution is 0.399. The topological polar surface area (TPSA) is 46.0 Å². The molecule has 6 heteroatoms. The van der Waals surface area contributed by atoms with E-state index in [9.17, 15) is 0 Å². The Morgan fingerprint density at radius 3 is 2.58 bits per heavy atom. The summed E-state index contributed by atoms with van der Waals surface area (Å²) in [6.45, 7) is 2.12. The van der Waals surface area contributed by atoms with Gasteiger partial charge in [-0.25, -0.2) is 9.67 Å². The summed E-state index contributed by atoms with van der Waals surface area (Å²) < 4.78 is 1.73. The van der Waals surface area contributed by atoms with Crippen LogP contribution in [0.15, 0.2) is 36.9 Å². The molecule has 0 radical (unpaired) electrons. The van der Waals surface area contributed by atoms with Crippen molar-refractivity contribution >= 4 is 17.3 Å². The number of hydrogen-bond acceptors (Lipinski definition) is 3. The predicted octanol–water partition coefficient (Wildman–Crippen LogP) is 1.76. The molecule has 0 spiro atoms. The van der Waals surface area contributed by atoms with Crippen molar-refractivity contribution in [1.29, 1.82) is 0 Å². The Labute approximate surface area is 118 Å². The number of thiocarbonyl (C=S) groups is 1. The number of rotatable bonds is 3. The third kappa shape index (κ3) is 2.90. The van der Waals surface area contributed by atoms with E-state index in [1.807, 2.05) is 31.1 Å². The lowest BCUT2D eigenvalue weighted by atomic mass is 10.1. The molecule has 0 aliphatic carbocycles. The van der Waals surface area contributed by atoms with Gasteiger partial charge in [-0.3, -0.25) is 0 Å². The van der Waals surface area contributed by atoms with Gasteiger partial charge in [0.2, 0.25) is 0 Å². The van der Waals surface area contributed by atoms with Gasteiger partial charge in [0.15, 0.2) is 5.11 Å². The second kappa shape index (κ2) is 5.79. The van der Waals surface area contributed by atoms with Crippen LogP contribution in [-0.4, -0.2) is 38.9 Å². The summed E-state index contributed by atoms with van der Waals surface area (Å²) in [5.74, 6) is 0. The van der Waals surface area contributed by atoms with E-state index in [0.29, 0.717) is 0 Å². The average Bonchev–Trinajstić information content (AvgIpc) is 2.99. The van der Waals surface area contributed by atoms with E-state index in [2.05, 4.69) is 34.5 Å². The summed E-state index contributed by atoms with van der Waals surface area (Å²) >= 11 is 5.24. The van der Waals surface area contributed by atoms with Crippen LogP contribution in [0.3, 0.4) is 0 Å². The molecule has 2 rings (SSSR count). The molecule has 0 aliphatic heterocycles. The first kappa shape index (κ1) is 13.5. The zero-order chi connectivity index (χ0) is 13.8. The lowest BCUT2D eigenvalue weighted by Gasteiger charge is -2.27. The highest BCUT2D eigenvalue weighted by Crippen LogP contribution is 2.20. The van der Waals surface area contributed by atoms with Gasteiger partial charge in [-0.15, -0.1) is 0 Å². The number of hydrogen-bond donors (Lipinski definition) is 1. The average molecular weight is 275 g/mol. The molecule has 0 aliphatic rings. The highest BCUT2D eigenvalue weighted by Gasteiger charge is 2.13. The van der Waals surface area contributed by atoms with E-state index in [-0.39, 0.29) is 6.04 Å². The van der Waals surface area contributed by atoms with Gasteiger partial charge in [-0.2, -0.15) is 5.10 Å². The maximum atomic E-state index is 5.24. The van der Waals surface area contributed by atoms with Crippen molar-refractivity contribution in [3.05, 3.63) is 42.5 Å². The van der Waals surface area contributed by atoms with Crippen LogP contribution >= 0.6 is 12.2 Å². The molecule has 0 fully saturated rings. The fourth-order valence-corrected chi connectivity index (χ4v) is 1.98. The van der Waals surface area contributed by atoms with Crippen LogP contribution in [0.2, 0.25) is 0 Å². The van der Waals surface area contributed by atoms with Gasteiger partial charge in [-0.05, 0) is 36.8 Å². The molecule has 0 saturated heterocycles. The van der Waals surface area contributed by atoms with E-state index < -0.39 is 0 Å². The van der Waals surface area contributed by atoms with E-state index in [1.165, 1.54) is 11.9 Å². The van der Waals surface area contributed by atoms with Gasteiger partial charge in [0.1, 0.15) is 12.7 Å². The third-order valence-electron chi connectivity index (χ3n) is 3.17. The Bertz CT molecular complexity index is 535. The molecule has 5 nitrogen and oxygen atoms in total. The van der Waals surface area contributed by atoms with Crippen LogP contribution < -0.4 is 5.32 Å². The van der Waals surface area contributed by atoms with Crippen molar-refractivity contribution < 1.29 is 0 Å². The molecule has 2 aromatic rings. The maximum Gasteiger partial charge on any atom is 0.168 e. The normalized spacial score (nSPS) is 11.9. The van der Waals surface area contributed by atoms with Crippen LogP contribution in [0, 0.1) is 0 Å². The predicted molar refractivity (Wildman–Crippen MR) is 79.2 cm³/mol. The molecule has 100 valence electrons. The first-order valence-electron chi connectivity index (χ1n) is 6.03. The van der Waals surface area contributed by atoms with Gasteiger partial charge in [0.05, 0.1) is 11.7 Å². The minimum Gasteiger partial charge on any atom is -0.366 e. The first-order valence-corrected chi connectivity index (χ1v) is 6.44. The van der Waals surface area contributed by atoms with Crippen LogP contribution in [0.4, 0.5) is 0 Å². The summed E-state index contributed by atoms with van der Waals surface area (Å²) in [5.41, 5.74) is 2.19. The zero-order valence-corrected chi connectivity index (χ0v) is 12.1. The second-order valence-electron chi connectivity index (χ2n) is 4.27. The molecule has 1 aromatic heterocycles. The van der Waals surface area contributed by atoms with Crippen LogP contribution in [-0.2, 0) is 0 Å². The van der Waals surface area contributed by atoms with Gasteiger partial charge in [0, 0.05) is 14.1 Å². The molecule has 1 atom stereocenters. The lowest BCUT2D eigenvalue weighted by Crippen LogP contribution is -2.36. The summed E-state index contributed by atoms with van der Waals surface area (Å²) in [6, 6.07) is 8.42. The minimum absolute atomic E-state index is 0.213. The highest BCUT2D eigenvalue weighted by molar-refractivity contribution is 7.80. The molecule has 1 N–H and O–H groups in total. The van der Waals surface area contributed by atoms with Crippen LogP contribution in [0.5, 0.6) is 0 Å². The smallest absolute Gasteiger partial charge is 0.168 e. The minimum atomic E-state index is 0.213. The first-order chi connectivity index (χ1) is 9.13. The van der Waals surface area contributed by atoms with Crippen molar-refractivity contribution in [2.24, 2.45) is 0 Å². The van der Waals surface area contributed by atoms with Crippen molar-refractivity contribution in [2.45, 2.75) is 13.0 Å². The van der Waals surface area contributed by atoms with Crippen molar-refractivity contribution in [3.63, 3.8) is 0 Å². The van der Waals surface area contributed by atoms with Gasteiger partial charge >= 0.3 is 0 Å². The Kier molecular flexibility index (Phi) is 4.11. The van der Waals surface area contributed by atoms with E-state index in [0.717, 1.165) is 10.8 Å². The molecular formula is C13H17N5S.